The molecule has 8 atom stereocenters. The van der Waals surface area contributed by atoms with Crippen molar-refractivity contribution in [3.63, 3.8) is 0 Å². The Balaban J connectivity index is 0. The molecule has 0 aliphatic rings. The predicted octanol–water partition coefficient (Wildman–Crippen LogP) is -1.15. The quantitative estimate of drug-likeness (QED) is 0.0414. The number of unbranched alkanes of at least 4 members (excludes halogenated alkanes) is 2. The van der Waals surface area contributed by atoms with Crippen LogP contribution in [0.25, 0.3) is 0 Å². The molecule has 0 aromatic heterocycles. The smallest absolute Gasteiger partial charge is 0.251 e. The average molecular weight is 737 g/mol. The van der Waals surface area contributed by atoms with Gasteiger partial charge >= 0.3 is 0 Å². The van der Waals surface area contributed by atoms with Crippen molar-refractivity contribution >= 4 is 29.1 Å². The number of ketones is 2. The fraction of sp³-hybridized carbons (Fsp3) is 0.861. The molecule has 2 amide bonds. The summed E-state index contributed by atoms with van der Waals surface area (Å²) in [7, 11) is 0. The van der Waals surface area contributed by atoms with E-state index in [-0.39, 0.29) is 23.7 Å². The van der Waals surface area contributed by atoms with Gasteiger partial charge in [0.2, 0.25) is 0 Å². The first kappa shape index (κ1) is 50.7. The molecule has 0 fully saturated rings. The zero-order valence-electron chi connectivity index (χ0n) is 32.1. The summed E-state index contributed by atoms with van der Waals surface area (Å²) in [5.41, 5.74) is 0.612. The molecule has 12 N–H and O–H groups in total. The number of carbonyl (C=O) groups excluding carboxylic acids is 4. The van der Waals surface area contributed by atoms with E-state index in [1.165, 1.54) is 0 Å². The third-order valence-corrected chi connectivity index (χ3v) is 8.03. The van der Waals surface area contributed by atoms with Crippen LogP contribution in [-0.2, 0) is 19.2 Å². The van der Waals surface area contributed by atoms with Gasteiger partial charge in [0.25, 0.3) is 11.8 Å². The second kappa shape index (κ2) is 25.6. The largest absolute Gasteiger partial charge is 0.387 e. The highest BCUT2D eigenvalue weighted by Gasteiger charge is 2.38. The fourth-order valence-electron chi connectivity index (χ4n) is 4.63. The first-order valence-electron chi connectivity index (χ1n) is 18.1. The number of nitrogens with two attached hydrogens (primary N) is 1. The molecule has 300 valence electrons. The van der Waals surface area contributed by atoms with E-state index < -0.39 is 72.2 Å². The van der Waals surface area contributed by atoms with Gasteiger partial charge in [-0.15, -0.1) is 0 Å². The van der Waals surface area contributed by atoms with Crippen LogP contribution in [0, 0.1) is 10.8 Å². The molecule has 0 aliphatic carbocycles. The van der Waals surface area contributed by atoms with Gasteiger partial charge in [-0.25, -0.2) is 0 Å². The average Bonchev–Trinajstić information content (AvgIpc) is 3.06. The molecule has 0 heterocycles. The highest BCUT2D eigenvalue weighted by atomic mass is 16.4. The molecule has 0 rings (SSSR count). The molecule has 0 spiro atoms. The number of aliphatic hydroxyl groups excluding tert-OH is 8. The first-order valence-corrected chi connectivity index (χ1v) is 18.1. The van der Waals surface area contributed by atoms with E-state index in [0.29, 0.717) is 44.5 Å². The van der Waals surface area contributed by atoms with Crippen molar-refractivity contribution in [3.05, 3.63) is 0 Å². The van der Waals surface area contributed by atoms with E-state index in [4.69, 9.17) is 5.41 Å². The van der Waals surface area contributed by atoms with E-state index in [9.17, 15) is 60.0 Å². The molecule has 0 aromatic rings. The number of Topliss-reactive ketones (excluding diaryl/α,β-unsaturated/α-hetero) is 2. The lowest BCUT2D eigenvalue weighted by Gasteiger charge is -2.25. The van der Waals surface area contributed by atoms with Gasteiger partial charge in [-0.3, -0.25) is 24.6 Å². The second-order valence-corrected chi connectivity index (χ2v) is 15.6. The summed E-state index contributed by atoms with van der Waals surface area (Å²) in [5, 5.41) is 89.4. The maximum Gasteiger partial charge on any atom is 0.251 e. The highest BCUT2D eigenvalue weighted by molar-refractivity contribution is 6.01. The summed E-state index contributed by atoms with van der Waals surface area (Å²) in [4.78, 5) is 47.3. The molecule has 0 saturated carbocycles. The molecule has 0 radical (unpaired) electrons. The predicted molar refractivity (Wildman–Crippen MR) is 192 cm³/mol. The second-order valence-electron chi connectivity index (χ2n) is 15.6. The minimum Gasteiger partial charge on any atom is -0.387 e. The molecule has 15 nitrogen and oxygen atoms in total. The molecule has 0 aliphatic heterocycles. The number of hydrogen-bond acceptors (Lipinski definition) is 12. The Morgan fingerprint density at radius 2 is 0.863 bits per heavy atom. The number of amides is 2. The summed E-state index contributed by atoms with van der Waals surface area (Å²) in [6.45, 7) is 16.9. The lowest BCUT2D eigenvalue weighted by Crippen LogP contribution is -2.53. The van der Waals surface area contributed by atoms with E-state index in [1.807, 2.05) is 13.8 Å². The van der Waals surface area contributed by atoms with Crippen molar-refractivity contribution in [3.8, 4) is 0 Å². The van der Waals surface area contributed by atoms with Gasteiger partial charge in [-0.1, -0.05) is 68.2 Å². The third-order valence-electron chi connectivity index (χ3n) is 8.03. The lowest BCUT2D eigenvalue weighted by atomic mass is 9.90. The molecule has 51 heavy (non-hydrogen) atoms. The van der Waals surface area contributed by atoms with Crippen LogP contribution in [0.5, 0.6) is 0 Å². The lowest BCUT2D eigenvalue weighted by molar-refractivity contribution is -0.155. The van der Waals surface area contributed by atoms with E-state index in [2.05, 4.69) is 52.2 Å². The molecule has 0 bridgehead atoms. The van der Waals surface area contributed by atoms with Crippen molar-refractivity contribution < 1.29 is 65.4 Å². The minimum atomic E-state index is -2.00. The van der Waals surface area contributed by atoms with Crippen molar-refractivity contribution in [1.29, 1.82) is 0 Å². The van der Waals surface area contributed by atoms with Gasteiger partial charge < -0.3 is 51.5 Å². The maximum absolute atomic E-state index is 12.0. The van der Waals surface area contributed by atoms with Gasteiger partial charge in [-0.05, 0) is 49.4 Å². The van der Waals surface area contributed by atoms with E-state index >= 15 is 0 Å². The number of carbonyl (C=O) groups is 4. The Morgan fingerprint density at radius 1 is 0.529 bits per heavy atom. The number of hydrogen-bond donors (Lipinski definition) is 11. The number of rotatable bonds is 24. The Labute approximate surface area is 303 Å². The third kappa shape index (κ3) is 23.0. The summed E-state index contributed by atoms with van der Waals surface area (Å²) in [5.74, 6) is -3.11. The molecule has 0 unspecified atom stereocenters. The van der Waals surface area contributed by atoms with Crippen molar-refractivity contribution in [2.75, 3.05) is 13.1 Å². The summed E-state index contributed by atoms with van der Waals surface area (Å²) in [6.07, 6.45) is -9.00. The van der Waals surface area contributed by atoms with E-state index in [0.717, 1.165) is 32.1 Å². The highest BCUT2D eigenvalue weighted by Crippen LogP contribution is 2.20. The molecular weight excluding hydrogens is 666 g/mol. The van der Waals surface area contributed by atoms with Gasteiger partial charge in [0.1, 0.15) is 36.6 Å². The van der Waals surface area contributed by atoms with Crippen molar-refractivity contribution in [2.45, 2.75) is 175 Å². The van der Waals surface area contributed by atoms with Gasteiger partial charge in [0, 0.05) is 25.9 Å². The van der Waals surface area contributed by atoms with Crippen LogP contribution in [0.2, 0.25) is 0 Å². The Hall–Kier alpha value is -2.37. The van der Waals surface area contributed by atoms with Crippen LogP contribution in [0.3, 0.4) is 0 Å². The number of aliphatic hydroxyl groups is 8. The van der Waals surface area contributed by atoms with Crippen molar-refractivity contribution in [1.82, 2.24) is 10.6 Å². The molecule has 0 aromatic carbocycles. The van der Waals surface area contributed by atoms with E-state index in [1.54, 1.807) is 0 Å². The number of nitrogens with one attached hydrogen (secondary N) is 2. The molecule has 0 saturated heterocycles. The van der Waals surface area contributed by atoms with Gasteiger partial charge in [-0.2, -0.15) is 0 Å². The normalized spacial score (nSPS) is 16.6. The summed E-state index contributed by atoms with van der Waals surface area (Å²) >= 11 is 0. The van der Waals surface area contributed by atoms with Gasteiger partial charge in [0.15, 0.2) is 29.5 Å². The zero-order valence-corrected chi connectivity index (χ0v) is 32.1. The fourth-order valence-corrected chi connectivity index (χ4v) is 4.63. The molecule has 15 heteroatoms. The zero-order chi connectivity index (χ0) is 40.1. The Morgan fingerprint density at radius 3 is 1.22 bits per heavy atom. The SMILES string of the molecule is CCCCC(=O)[C@H](O)[C@@H](O)[C@@H](O)[C@H](O)C(=O)NCCCC(C)(C)C.CCCCC(=[NH2+])CC(=O)[C@H](O)[C@@H](O)[C@@H](O)[C@H](O)C(=O)NCCCC(C)(C)C. The monoisotopic (exact) mass is 736 g/mol. The topological polar surface area (TPSA) is 280 Å². The summed E-state index contributed by atoms with van der Waals surface area (Å²) in [6, 6.07) is 0. The standard InChI is InChI=1S/C19H36N2O6.C17H33NO6/c1-5-6-8-12(20)11-13(22)14(23)15(24)16(25)17(26)18(27)21-10-7-9-19(2,3)4;1-5-6-8-11(19)12(20)13(21)14(22)15(23)16(24)18-10-7-9-17(2,3)4/h14-17,20,23-26H,5-11H2,1-4H3,(H,21,27);12-15,20-23H,5-10H2,1-4H3,(H,18,24)/p+1/t14-,15+,16+,17-;12-,13+,14+,15-/m00/s1. The van der Waals surface area contributed by atoms with Crippen LogP contribution in [0.4, 0.5) is 0 Å². The van der Waals surface area contributed by atoms with Crippen LogP contribution < -0.4 is 16.0 Å². The van der Waals surface area contributed by atoms with Crippen molar-refractivity contribution in [2.24, 2.45) is 10.8 Å². The first-order chi connectivity index (χ1) is 23.4. The van der Waals surface area contributed by atoms with Crippen LogP contribution >= 0.6 is 0 Å². The molecular formula is C36H70N3O12+. The van der Waals surface area contributed by atoms with Gasteiger partial charge in [0.05, 0.1) is 6.42 Å². The minimum absolute atomic E-state index is 0.0660. The summed E-state index contributed by atoms with van der Waals surface area (Å²) < 4.78 is 0. The maximum atomic E-state index is 12.0. The Kier molecular flexibility index (Phi) is 25.4. The van der Waals surface area contributed by atoms with Crippen LogP contribution in [-0.4, -0.2) is 132 Å². The van der Waals surface area contributed by atoms with Crippen LogP contribution in [0.15, 0.2) is 0 Å². The Bertz CT molecular complexity index is 1040. The van der Waals surface area contributed by atoms with Crippen LogP contribution in [0.1, 0.15) is 126 Å².